The Labute approximate surface area is 124 Å². The fourth-order valence-corrected chi connectivity index (χ4v) is 2.71. The highest BCUT2D eigenvalue weighted by molar-refractivity contribution is 8.23. The molecule has 1 rings (SSSR count). The largest absolute Gasteiger partial charge is 0.363 e. The van der Waals surface area contributed by atoms with Crippen LogP contribution in [0.3, 0.4) is 0 Å². The summed E-state index contributed by atoms with van der Waals surface area (Å²) in [5, 5.41) is 9.28. The van der Waals surface area contributed by atoms with E-state index in [-0.39, 0.29) is 20.9 Å². The summed E-state index contributed by atoms with van der Waals surface area (Å²) >= 11 is 23.9. The quantitative estimate of drug-likeness (QED) is 0.445. The average molecular weight is 327 g/mol. The van der Waals surface area contributed by atoms with Crippen molar-refractivity contribution < 1.29 is 0 Å². The SMILES string of the molecule is CN(C)C(=S)Sc1c(Cl)c(Cl)nc(Cl)c1C#N. The molecule has 90 valence electrons. The summed E-state index contributed by atoms with van der Waals surface area (Å²) in [6.45, 7) is 0. The summed E-state index contributed by atoms with van der Waals surface area (Å²) in [7, 11) is 3.58. The van der Waals surface area contributed by atoms with Gasteiger partial charge in [0.25, 0.3) is 0 Å². The van der Waals surface area contributed by atoms with Gasteiger partial charge >= 0.3 is 0 Å². The maximum absolute atomic E-state index is 9.02. The lowest BCUT2D eigenvalue weighted by molar-refractivity contribution is 0.648. The van der Waals surface area contributed by atoms with Crippen LogP contribution in [0.5, 0.6) is 0 Å². The van der Waals surface area contributed by atoms with E-state index in [1.54, 1.807) is 19.0 Å². The summed E-state index contributed by atoms with van der Waals surface area (Å²) in [4.78, 5) is 5.91. The Bertz CT molecular complexity index is 511. The third-order valence-corrected chi connectivity index (χ3v) is 4.57. The molecule has 0 spiro atoms. The number of thioether (sulfide) groups is 1. The number of hydrogen-bond donors (Lipinski definition) is 0. The number of pyridine rings is 1. The summed E-state index contributed by atoms with van der Waals surface area (Å²) < 4.78 is 0.543. The van der Waals surface area contributed by atoms with Gasteiger partial charge < -0.3 is 4.90 Å². The molecule has 1 heterocycles. The van der Waals surface area contributed by atoms with Gasteiger partial charge in [-0.05, 0) is 0 Å². The summed E-state index contributed by atoms with van der Waals surface area (Å²) in [6, 6.07) is 1.94. The van der Waals surface area contributed by atoms with Gasteiger partial charge in [-0.1, -0.05) is 58.8 Å². The van der Waals surface area contributed by atoms with Crippen LogP contribution in [0.1, 0.15) is 5.56 Å². The van der Waals surface area contributed by atoms with Gasteiger partial charge in [-0.25, -0.2) is 4.98 Å². The van der Waals surface area contributed by atoms with Crippen LogP contribution in [0.25, 0.3) is 0 Å². The fraction of sp³-hybridized carbons (Fsp3) is 0.222. The summed E-state index contributed by atoms with van der Waals surface area (Å²) in [5.74, 6) is 0. The maximum Gasteiger partial charge on any atom is 0.150 e. The number of hydrogen-bond acceptors (Lipinski definition) is 4. The molecule has 0 aliphatic heterocycles. The molecule has 0 amide bonds. The number of nitrogens with zero attached hydrogens (tertiary/aromatic N) is 3. The first-order valence-electron chi connectivity index (χ1n) is 4.22. The first-order valence-corrected chi connectivity index (χ1v) is 6.58. The van der Waals surface area contributed by atoms with Gasteiger partial charge in [0, 0.05) is 14.1 Å². The van der Waals surface area contributed by atoms with E-state index in [4.69, 9.17) is 52.3 Å². The molecule has 8 heteroatoms. The van der Waals surface area contributed by atoms with Gasteiger partial charge in [-0.3, -0.25) is 0 Å². The number of nitriles is 1. The molecule has 3 nitrogen and oxygen atoms in total. The number of halogens is 3. The smallest absolute Gasteiger partial charge is 0.150 e. The standard InChI is InChI=1S/C9H6Cl3N3S2/c1-15(2)9(16)17-6-4(3-13)7(11)14-8(12)5(6)10/h1-2H3. The molecule has 1 aromatic heterocycles. The lowest BCUT2D eigenvalue weighted by Crippen LogP contribution is -2.16. The third kappa shape index (κ3) is 3.36. The molecule has 0 radical (unpaired) electrons. The Balaban J connectivity index is 3.31. The van der Waals surface area contributed by atoms with E-state index in [1.807, 2.05) is 6.07 Å². The predicted octanol–water partition coefficient (Wildman–Crippen LogP) is 3.85. The average Bonchev–Trinajstić information content (AvgIpc) is 2.25. The van der Waals surface area contributed by atoms with Crippen LogP contribution >= 0.6 is 58.8 Å². The summed E-state index contributed by atoms with van der Waals surface area (Å²) in [5.41, 5.74) is 0.176. The van der Waals surface area contributed by atoms with Crippen molar-refractivity contribution in [1.29, 1.82) is 5.26 Å². The molecule has 0 aromatic carbocycles. The Kier molecular flexibility index (Phi) is 5.29. The topological polar surface area (TPSA) is 39.9 Å². The molecule has 0 saturated heterocycles. The van der Waals surface area contributed by atoms with Gasteiger partial charge in [0.05, 0.1) is 9.92 Å². The summed E-state index contributed by atoms with van der Waals surface area (Å²) in [6.07, 6.45) is 0. The predicted molar refractivity (Wildman–Crippen MR) is 76.1 cm³/mol. The van der Waals surface area contributed by atoms with Crippen LogP contribution in [-0.4, -0.2) is 28.3 Å². The zero-order valence-electron chi connectivity index (χ0n) is 8.79. The normalized spacial score (nSPS) is 9.88. The minimum atomic E-state index is 0.0194. The van der Waals surface area contributed by atoms with Crippen molar-refractivity contribution in [2.24, 2.45) is 0 Å². The van der Waals surface area contributed by atoms with Crippen molar-refractivity contribution in [2.45, 2.75) is 4.90 Å². The monoisotopic (exact) mass is 325 g/mol. The van der Waals surface area contributed by atoms with Gasteiger partial charge in [-0.15, -0.1) is 0 Å². The first-order chi connectivity index (χ1) is 7.88. The van der Waals surface area contributed by atoms with E-state index in [9.17, 15) is 0 Å². The van der Waals surface area contributed by atoms with Crippen molar-refractivity contribution in [3.63, 3.8) is 0 Å². The second kappa shape index (κ2) is 6.07. The molecule has 0 saturated carbocycles. The highest BCUT2D eigenvalue weighted by Gasteiger charge is 2.19. The van der Waals surface area contributed by atoms with Crippen LogP contribution in [0.2, 0.25) is 15.3 Å². The molecule has 0 aliphatic rings. The highest BCUT2D eigenvalue weighted by atomic mass is 35.5. The van der Waals surface area contributed by atoms with Crippen LogP contribution in [0.15, 0.2) is 4.90 Å². The molecular weight excluding hydrogens is 321 g/mol. The minimum absolute atomic E-state index is 0.0194. The molecule has 17 heavy (non-hydrogen) atoms. The minimum Gasteiger partial charge on any atom is -0.363 e. The number of thiocarbonyl (C=S) groups is 1. The van der Waals surface area contributed by atoms with Crippen LogP contribution in [0, 0.1) is 11.3 Å². The number of rotatable bonds is 1. The zero-order chi connectivity index (χ0) is 13.2. The first kappa shape index (κ1) is 14.8. The van der Waals surface area contributed by atoms with E-state index in [0.29, 0.717) is 9.22 Å². The van der Waals surface area contributed by atoms with E-state index >= 15 is 0 Å². The zero-order valence-corrected chi connectivity index (χ0v) is 12.7. The van der Waals surface area contributed by atoms with Gasteiger partial charge in [0.15, 0.2) is 5.15 Å². The van der Waals surface area contributed by atoms with E-state index in [2.05, 4.69) is 4.98 Å². The van der Waals surface area contributed by atoms with Crippen LogP contribution in [0.4, 0.5) is 0 Å². The molecule has 0 N–H and O–H groups in total. The highest BCUT2D eigenvalue weighted by Crippen LogP contribution is 2.38. The Morgan fingerprint density at radius 2 is 1.94 bits per heavy atom. The Morgan fingerprint density at radius 1 is 1.35 bits per heavy atom. The second-order valence-electron chi connectivity index (χ2n) is 3.09. The molecule has 1 aromatic rings. The Morgan fingerprint density at radius 3 is 2.41 bits per heavy atom. The van der Waals surface area contributed by atoms with Crippen molar-refractivity contribution in [3.05, 3.63) is 20.9 Å². The van der Waals surface area contributed by atoms with Crippen LogP contribution in [-0.2, 0) is 0 Å². The lowest BCUT2D eigenvalue weighted by Gasteiger charge is -2.14. The van der Waals surface area contributed by atoms with E-state index in [0.717, 1.165) is 11.8 Å². The molecule has 0 unspecified atom stereocenters. The van der Waals surface area contributed by atoms with Gasteiger partial charge in [0.1, 0.15) is 21.1 Å². The van der Waals surface area contributed by atoms with Crippen molar-refractivity contribution in [3.8, 4) is 6.07 Å². The molecule has 0 atom stereocenters. The molecule has 0 fully saturated rings. The third-order valence-electron chi connectivity index (χ3n) is 1.68. The van der Waals surface area contributed by atoms with Crippen molar-refractivity contribution in [1.82, 2.24) is 9.88 Å². The van der Waals surface area contributed by atoms with Gasteiger partial charge in [0.2, 0.25) is 0 Å². The van der Waals surface area contributed by atoms with Gasteiger partial charge in [-0.2, -0.15) is 5.26 Å². The fourth-order valence-electron chi connectivity index (χ4n) is 0.860. The van der Waals surface area contributed by atoms with Crippen molar-refractivity contribution in [2.75, 3.05) is 14.1 Å². The van der Waals surface area contributed by atoms with Crippen LogP contribution < -0.4 is 0 Å². The Hall–Kier alpha value is -0.250. The number of aromatic nitrogens is 1. The maximum atomic E-state index is 9.02. The second-order valence-corrected chi connectivity index (χ2v) is 5.82. The lowest BCUT2D eigenvalue weighted by atomic mass is 10.3. The van der Waals surface area contributed by atoms with E-state index < -0.39 is 0 Å². The van der Waals surface area contributed by atoms with E-state index in [1.165, 1.54) is 0 Å². The molecule has 0 bridgehead atoms. The molecular formula is C9H6Cl3N3S2. The molecule has 0 aliphatic carbocycles. The van der Waals surface area contributed by atoms with Crippen molar-refractivity contribution >= 4 is 63.1 Å².